The van der Waals surface area contributed by atoms with Gasteiger partial charge in [-0.1, -0.05) is 60.3 Å². The van der Waals surface area contributed by atoms with Crippen molar-refractivity contribution in [2.24, 2.45) is 17.3 Å². The van der Waals surface area contributed by atoms with E-state index in [1.54, 1.807) is 0 Å². The molecule has 124 valence electrons. The van der Waals surface area contributed by atoms with Gasteiger partial charge in [-0.05, 0) is 30.1 Å². The fraction of sp³-hybridized carbons (Fsp3) is 1.00. The molecule has 1 aliphatic carbocycles. The van der Waals surface area contributed by atoms with E-state index < -0.39 is 0 Å². The van der Waals surface area contributed by atoms with Crippen molar-refractivity contribution in [2.75, 3.05) is 19.6 Å². The summed E-state index contributed by atoms with van der Waals surface area (Å²) in [5, 5.41) is 3.93. The first-order valence-corrected chi connectivity index (χ1v) is 9.39. The number of nitrogens with zero attached hydrogens (tertiary/aromatic N) is 1. The molecule has 0 aromatic carbocycles. The Labute approximate surface area is 133 Å². The quantitative estimate of drug-likeness (QED) is 0.831. The summed E-state index contributed by atoms with van der Waals surface area (Å²) < 4.78 is 0. The fourth-order valence-electron chi connectivity index (χ4n) is 4.27. The highest BCUT2D eigenvalue weighted by atomic mass is 15.2. The maximum atomic E-state index is 3.93. The second-order valence-corrected chi connectivity index (χ2v) is 8.76. The molecule has 2 aliphatic rings. The third-order valence-electron chi connectivity index (χ3n) is 5.91. The van der Waals surface area contributed by atoms with Crippen molar-refractivity contribution in [3.63, 3.8) is 0 Å². The molecule has 0 aromatic heterocycles. The Kier molecular flexibility index (Phi) is 6.14. The van der Waals surface area contributed by atoms with Crippen LogP contribution in [0.25, 0.3) is 0 Å². The Morgan fingerprint density at radius 3 is 2.38 bits per heavy atom. The molecule has 21 heavy (non-hydrogen) atoms. The average Bonchev–Trinajstić information content (AvgIpc) is 2.46. The third kappa shape index (κ3) is 4.69. The topological polar surface area (TPSA) is 15.3 Å². The smallest absolute Gasteiger partial charge is 0.0269 e. The van der Waals surface area contributed by atoms with E-state index in [0.717, 1.165) is 17.9 Å². The molecule has 1 saturated carbocycles. The van der Waals surface area contributed by atoms with Gasteiger partial charge in [0.25, 0.3) is 0 Å². The number of nitrogens with one attached hydrogen (secondary N) is 1. The molecule has 1 heterocycles. The first kappa shape index (κ1) is 17.3. The molecule has 3 atom stereocenters. The van der Waals surface area contributed by atoms with E-state index in [0.29, 0.717) is 11.5 Å². The lowest BCUT2D eigenvalue weighted by Gasteiger charge is -2.49. The summed E-state index contributed by atoms with van der Waals surface area (Å²) in [6, 6.07) is 1.43. The van der Waals surface area contributed by atoms with Gasteiger partial charge in [0, 0.05) is 31.7 Å². The molecule has 2 fully saturated rings. The second kappa shape index (κ2) is 7.46. The summed E-state index contributed by atoms with van der Waals surface area (Å²) >= 11 is 0. The van der Waals surface area contributed by atoms with E-state index in [-0.39, 0.29) is 0 Å². The minimum Gasteiger partial charge on any atom is -0.311 e. The Balaban J connectivity index is 2.01. The molecule has 2 nitrogen and oxygen atoms in total. The first-order chi connectivity index (χ1) is 9.91. The Bertz CT molecular complexity index is 301. The van der Waals surface area contributed by atoms with Gasteiger partial charge in [-0.15, -0.1) is 0 Å². The van der Waals surface area contributed by atoms with Gasteiger partial charge in [0.2, 0.25) is 0 Å². The van der Waals surface area contributed by atoms with Crippen molar-refractivity contribution in [1.82, 2.24) is 10.2 Å². The lowest BCUT2D eigenvalue weighted by atomic mass is 9.79. The number of hydrogen-bond donors (Lipinski definition) is 1. The van der Waals surface area contributed by atoms with Gasteiger partial charge < -0.3 is 5.32 Å². The molecular formula is C19H38N2. The molecular weight excluding hydrogens is 256 g/mol. The van der Waals surface area contributed by atoms with Crippen LogP contribution in [0.3, 0.4) is 0 Å². The molecule has 1 N–H and O–H groups in total. The van der Waals surface area contributed by atoms with Crippen molar-refractivity contribution >= 4 is 0 Å². The lowest BCUT2D eigenvalue weighted by Crippen LogP contribution is -2.62. The summed E-state index contributed by atoms with van der Waals surface area (Å²) in [5.74, 6) is 1.75. The molecule has 0 spiro atoms. The highest BCUT2D eigenvalue weighted by molar-refractivity contribution is 4.95. The average molecular weight is 295 g/mol. The van der Waals surface area contributed by atoms with E-state index in [1.807, 2.05) is 0 Å². The predicted octanol–water partition coefficient (Wildman–Crippen LogP) is 4.30. The molecule has 0 amide bonds. The summed E-state index contributed by atoms with van der Waals surface area (Å²) in [4.78, 5) is 2.82. The van der Waals surface area contributed by atoms with Crippen LogP contribution in [0.4, 0.5) is 0 Å². The molecule has 1 aliphatic heterocycles. The van der Waals surface area contributed by atoms with Crippen LogP contribution >= 0.6 is 0 Å². The number of rotatable bonds is 4. The van der Waals surface area contributed by atoms with Crippen LogP contribution in [0.15, 0.2) is 0 Å². The van der Waals surface area contributed by atoms with Crippen LogP contribution in [0.1, 0.15) is 73.1 Å². The van der Waals surface area contributed by atoms with Crippen molar-refractivity contribution in [3.8, 4) is 0 Å². The van der Waals surface area contributed by atoms with Gasteiger partial charge in [-0.2, -0.15) is 0 Å². The fourth-order valence-corrected chi connectivity index (χ4v) is 4.27. The van der Waals surface area contributed by atoms with E-state index in [2.05, 4.69) is 44.8 Å². The van der Waals surface area contributed by atoms with E-state index in [1.165, 1.54) is 58.2 Å². The van der Waals surface area contributed by atoms with Crippen molar-refractivity contribution in [1.29, 1.82) is 0 Å². The zero-order valence-electron chi connectivity index (χ0n) is 15.1. The van der Waals surface area contributed by atoms with Crippen LogP contribution in [0, 0.1) is 17.3 Å². The van der Waals surface area contributed by atoms with Crippen LogP contribution in [0.2, 0.25) is 0 Å². The van der Waals surface area contributed by atoms with E-state index in [9.17, 15) is 0 Å². The molecule has 0 radical (unpaired) electrons. The Hall–Kier alpha value is -0.0800. The van der Waals surface area contributed by atoms with Gasteiger partial charge in [-0.25, -0.2) is 0 Å². The van der Waals surface area contributed by atoms with Crippen molar-refractivity contribution < 1.29 is 0 Å². The molecule has 2 rings (SSSR count). The zero-order chi connectivity index (χ0) is 15.5. The molecule has 0 bridgehead atoms. The summed E-state index contributed by atoms with van der Waals surface area (Å²) in [7, 11) is 0. The van der Waals surface area contributed by atoms with Crippen LogP contribution in [-0.4, -0.2) is 36.6 Å². The number of piperazine rings is 1. The van der Waals surface area contributed by atoms with Crippen LogP contribution in [-0.2, 0) is 0 Å². The van der Waals surface area contributed by atoms with Gasteiger partial charge in [0.1, 0.15) is 0 Å². The highest BCUT2D eigenvalue weighted by Gasteiger charge is 2.38. The molecule has 2 heteroatoms. The van der Waals surface area contributed by atoms with Crippen LogP contribution < -0.4 is 5.32 Å². The van der Waals surface area contributed by atoms with Gasteiger partial charge in [-0.3, -0.25) is 4.90 Å². The Morgan fingerprint density at radius 2 is 1.81 bits per heavy atom. The third-order valence-corrected chi connectivity index (χ3v) is 5.91. The van der Waals surface area contributed by atoms with E-state index in [4.69, 9.17) is 0 Å². The number of hydrogen-bond acceptors (Lipinski definition) is 2. The predicted molar refractivity (Wildman–Crippen MR) is 92.6 cm³/mol. The summed E-state index contributed by atoms with van der Waals surface area (Å²) in [6.45, 7) is 15.7. The van der Waals surface area contributed by atoms with Gasteiger partial charge in [0.15, 0.2) is 0 Å². The maximum absolute atomic E-state index is 3.93. The van der Waals surface area contributed by atoms with Crippen LogP contribution in [0.5, 0.6) is 0 Å². The van der Waals surface area contributed by atoms with E-state index >= 15 is 0 Å². The second-order valence-electron chi connectivity index (χ2n) is 8.76. The molecule has 0 aromatic rings. The first-order valence-electron chi connectivity index (χ1n) is 9.39. The largest absolute Gasteiger partial charge is 0.311 e. The van der Waals surface area contributed by atoms with Gasteiger partial charge >= 0.3 is 0 Å². The lowest BCUT2D eigenvalue weighted by molar-refractivity contribution is 0.0278. The minimum atomic E-state index is 0.373. The minimum absolute atomic E-state index is 0.373. The highest BCUT2D eigenvalue weighted by Crippen LogP contribution is 2.32. The Morgan fingerprint density at radius 1 is 1.14 bits per heavy atom. The standard InChI is InChI=1S/C19H38N2/c1-6-15(2)13-21-14-17(16-10-8-7-9-11-16)20-12-18(21)19(3,4)5/h15-18,20H,6-14H2,1-5H3. The summed E-state index contributed by atoms with van der Waals surface area (Å²) in [5.41, 5.74) is 0.373. The molecule has 1 saturated heterocycles. The normalized spacial score (nSPS) is 31.3. The van der Waals surface area contributed by atoms with Crippen molar-refractivity contribution in [3.05, 3.63) is 0 Å². The maximum Gasteiger partial charge on any atom is 0.0269 e. The monoisotopic (exact) mass is 294 g/mol. The zero-order valence-corrected chi connectivity index (χ0v) is 15.1. The SMILES string of the molecule is CCC(C)CN1CC(C2CCCCC2)NCC1C(C)(C)C. The van der Waals surface area contributed by atoms with Crippen molar-refractivity contribution in [2.45, 2.75) is 85.2 Å². The van der Waals surface area contributed by atoms with Gasteiger partial charge in [0.05, 0.1) is 0 Å². The summed E-state index contributed by atoms with van der Waals surface area (Å²) in [6.07, 6.45) is 8.58. The molecule has 3 unspecified atom stereocenters.